The molecule has 16 heavy (non-hydrogen) atoms. The van der Waals surface area contributed by atoms with Gasteiger partial charge >= 0.3 is 0 Å². The third-order valence-corrected chi connectivity index (χ3v) is 2.93. The molecule has 1 aromatic carbocycles. The van der Waals surface area contributed by atoms with Crippen molar-refractivity contribution < 1.29 is 4.42 Å². The summed E-state index contributed by atoms with van der Waals surface area (Å²) in [7, 11) is 0. The van der Waals surface area contributed by atoms with Gasteiger partial charge in [0.25, 0.3) is 0 Å². The van der Waals surface area contributed by atoms with E-state index in [1.807, 2.05) is 18.2 Å². The second-order valence-electron chi connectivity index (χ2n) is 4.03. The first-order chi connectivity index (χ1) is 7.86. The number of allylic oxidation sites excluding steroid dienone is 1. The second kappa shape index (κ2) is 3.57. The molecule has 0 N–H and O–H groups in total. The maximum Gasteiger partial charge on any atom is 0.135 e. The molecule has 1 heterocycles. The van der Waals surface area contributed by atoms with Gasteiger partial charge in [-0.15, -0.1) is 0 Å². The summed E-state index contributed by atoms with van der Waals surface area (Å²) < 4.78 is 5.85. The number of furan rings is 1. The van der Waals surface area contributed by atoms with E-state index in [-0.39, 0.29) is 0 Å². The lowest BCUT2D eigenvalue weighted by molar-refractivity contribution is 0.600. The number of rotatable bonds is 0. The molecular formula is C15H12O. The summed E-state index contributed by atoms with van der Waals surface area (Å²) in [6.07, 6.45) is 5.71. The SMILES string of the molecule is Cc1cccc2oc3c(c12)CC#CC/C=C\3. The minimum atomic E-state index is 0.789. The summed E-state index contributed by atoms with van der Waals surface area (Å²) in [5.74, 6) is 7.28. The molecule has 0 aliphatic heterocycles. The highest BCUT2D eigenvalue weighted by atomic mass is 16.3. The quantitative estimate of drug-likeness (QED) is 0.601. The Bertz CT molecular complexity index is 632. The van der Waals surface area contributed by atoms with Crippen molar-refractivity contribution in [1.82, 2.24) is 0 Å². The van der Waals surface area contributed by atoms with E-state index < -0.39 is 0 Å². The van der Waals surface area contributed by atoms with Crippen molar-refractivity contribution in [2.75, 3.05) is 0 Å². The maximum absolute atomic E-state index is 5.85. The first-order valence-electron chi connectivity index (χ1n) is 5.49. The summed E-state index contributed by atoms with van der Waals surface area (Å²) in [6.45, 7) is 2.12. The molecule has 1 nitrogen and oxygen atoms in total. The fourth-order valence-corrected chi connectivity index (χ4v) is 2.17. The van der Waals surface area contributed by atoms with E-state index in [1.165, 1.54) is 16.5 Å². The number of hydrogen-bond acceptors (Lipinski definition) is 1. The summed E-state index contributed by atoms with van der Waals surface area (Å²) >= 11 is 0. The molecule has 0 fully saturated rings. The van der Waals surface area contributed by atoms with Gasteiger partial charge in [-0.3, -0.25) is 0 Å². The van der Waals surface area contributed by atoms with Crippen molar-refractivity contribution in [3.63, 3.8) is 0 Å². The van der Waals surface area contributed by atoms with E-state index >= 15 is 0 Å². The Hall–Kier alpha value is -1.94. The predicted molar refractivity (Wildman–Crippen MR) is 66.1 cm³/mol. The van der Waals surface area contributed by atoms with Crippen LogP contribution in [0.25, 0.3) is 17.0 Å². The van der Waals surface area contributed by atoms with Crippen molar-refractivity contribution in [3.8, 4) is 11.8 Å². The third kappa shape index (κ3) is 1.35. The Morgan fingerprint density at radius 2 is 2.19 bits per heavy atom. The summed E-state index contributed by atoms with van der Waals surface area (Å²) in [4.78, 5) is 0. The highest BCUT2D eigenvalue weighted by Crippen LogP contribution is 2.30. The normalized spacial score (nSPS) is 15.8. The van der Waals surface area contributed by atoms with E-state index in [4.69, 9.17) is 4.42 Å². The zero-order valence-electron chi connectivity index (χ0n) is 9.21. The molecule has 1 aliphatic rings. The largest absolute Gasteiger partial charge is 0.456 e. The minimum Gasteiger partial charge on any atom is -0.456 e. The van der Waals surface area contributed by atoms with E-state index in [2.05, 4.69) is 30.9 Å². The van der Waals surface area contributed by atoms with Gasteiger partial charge in [-0.1, -0.05) is 30.0 Å². The lowest BCUT2D eigenvalue weighted by Crippen LogP contribution is -1.86. The van der Waals surface area contributed by atoms with Crippen molar-refractivity contribution in [1.29, 1.82) is 0 Å². The number of aryl methyl sites for hydroxylation is 1. The second-order valence-corrected chi connectivity index (χ2v) is 4.03. The predicted octanol–water partition coefficient (Wildman–Crippen LogP) is 3.70. The summed E-state index contributed by atoms with van der Waals surface area (Å²) in [5.41, 5.74) is 3.47. The highest BCUT2D eigenvalue weighted by Gasteiger charge is 2.13. The fourth-order valence-electron chi connectivity index (χ4n) is 2.17. The van der Waals surface area contributed by atoms with Crippen LogP contribution in [0.15, 0.2) is 28.7 Å². The number of fused-ring (bicyclic) bond motifs is 3. The van der Waals surface area contributed by atoms with Gasteiger partial charge in [0.2, 0.25) is 0 Å². The standard InChI is InChI=1S/C15H12O/c1-11-7-6-10-14-15(11)12-8-4-2-3-5-9-13(12)16-14/h5-7,9-10H,3,8H2,1H3/b9-5-. The molecular weight excluding hydrogens is 196 g/mol. The molecule has 0 spiro atoms. The molecule has 0 bridgehead atoms. The first kappa shape index (κ1) is 9.30. The molecule has 1 aromatic heterocycles. The van der Waals surface area contributed by atoms with Crippen LogP contribution in [0.3, 0.4) is 0 Å². The Kier molecular flexibility index (Phi) is 2.08. The molecule has 0 saturated carbocycles. The van der Waals surface area contributed by atoms with Crippen LogP contribution in [0.4, 0.5) is 0 Å². The lowest BCUT2D eigenvalue weighted by atomic mass is 10.0. The maximum atomic E-state index is 5.85. The molecule has 0 amide bonds. The van der Waals surface area contributed by atoms with Crippen molar-refractivity contribution >= 4 is 17.0 Å². The zero-order valence-corrected chi connectivity index (χ0v) is 9.21. The van der Waals surface area contributed by atoms with Crippen LogP contribution in [0.5, 0.6) is 0 Å². The van der Waals surface area contributed by atoms with Gasteiger partial charge < -0.3 is 4.42 Å². The van der Waals surface area contributed by atoms with Crippen LogP contribution in [0, 0.1) is 18.8 Å². The van der Waals surface area contributed by atoms with Crippen molar-refractivity contribution in [2.24, 2.45) is 0 Å². The zero-order chi connectivity index (χ0) is 11.0. The van der Waals surface area contributed by atoms with Crippen LogP contribution in [-0.2, 0) is 6.42 Å². The Balaban J connectivity index is 2.36. The van der Waals surface area contributed by atoms with Crippen LogP contribution < -0.4 is 0 Å². The van der Waals surface area contributed by atoms with E-state index in [1.54, 1.807) is 0 Å². The third-order valence-electron chi connectivity index (χ3n) is 2.93. The van der Waals surface area contributed by atoms with Crippen LogP contribution >= 0.6 is 0 Å². The number of benzene rings is 1. The molecule has 3 rings (SSSR count). The summed E-state index contributed by atoms with van der Waals surface area (Å²) in [6, 6.07) is 6.17. The van der Waals surface area contributed by atoms with E-state index in [0.717, 1.165) is 24.2 Å². The topological polar surface area (TPSA) is 13.1 Å². The van der Waals surface area contributed by atoms with E-state index in [0.29, 0.717) is 0 Å². The highest BCUT2D eigenvalue weighted by molar-refractivity contribution is 5.88. The first-order valence-corrected chi connectivity index (χ1v) is 5.49. The van der Waals surface area contributed by atoms with Gasteiger partial charge in [0.05, 0.1) is 0 Å². The van der Waals surface area contributed by atoms with Gasteiger partial charge in [-0.05, 0) is 24.6 Å². The minimum absolute atomic E-state index is 0.789. The van der Waals surface area contributed by atoms with Crippen molar-refractivity contribution in [2.45, 2.75) is 19.8 Å². The van der Waals surface area contributed by atoms with Crippen LogP contribution in [0.2, 0.25) is 0 Å². The van der Waals surface area contributed by atoms with Crippen molar-refractivity contribution in [3.05, 3.63) is 41.2 Å². The molecule has 0 atom stereocenters. The monoisotopic (exact) mass is 208 g/mol. The molecule has 1 aliphatic carbocycles. The Morgan fingerprint density at radius 3 is 3.12 bits per heavy atom. The Morgan fingerprint density at radius 1 is 1.25 bits per heavy atom. The van der Waals surface area contributed by atoms with Gasteiger partial charge in [0.15, 0.2) is 0 Å². The lowest BCUT2D eigenvalue weighted by Gasteiger charge is -1.98. The molecule has 0 saturated heterocycles. The average Bonchev–Trinajstić information content (AvgIpc) is 2.57. The summed E-state index contributed by atoms with van der Waals surface area (Å²) in [5, 5.41) is 1.23. The molecule has 2 aromatic rings. The molecule has 0 unspecified atom stereocenters. The van der Waals surface area contributed by atoms with Crippen LogP contribution in [-0.4, -0.2) is 0 Å². The van der Waals surface area contributed by atoms with Gasteiger partial charge in [0.1, 0.15) is 11.3 Å². The van der Waals surface area contributed by atoms with Crippen LogP contribution in [0.1, 0.15) is 23.3 Å². The molecule has 0 radical (unpaired) electrons. The number of hydrogen-bond donors (Lipinski definition) is 0. The smallest absolute Gasteiger partial charge is 0.135 e. The fraction of sp³-hybridized carbons (Fsp3) is 0.200. The van der Waals surface area contributed by atoms with Gasteiger partial charge in [-0.2, -0.15) is 0 Å². The van der Waals surface area contributed by atoms with Gasteiger partial charge in [0, 0.05) is 23.8 Å². The Labute approximate surface area is 94.8 Å². The average molecular weight is 208 g/mol. The molecule has 1 heteroatoms. The van der Waals surface area contributed by atoms with Gasteiger partial charge in [-0.25, -0.2) is 0 Å². The van der Waals surface area contributed by atoms with E-state index in [9.17, 15) is 0 Å². The molecule has 78 valence electrons.